The van der Waals surface area contributed by atoms with Crippen molar-refractivity contribution in [3.8, 4) is 5.75 Å². The third kappa shape index (κ3) is 4.21. The molecule has 2 rings (SSSR count). The molecular weight excluding hydrogens is 326 g/mol. The molecule has 0 heterocycles. The van der Waals surface area contributed by atoms with Crippen LogP contribution in [-0.2, 0) is 0 Å². The number of hydrogen-bond donors (Lipinski definition) is 1. The van der Waals surface area contributed by atoms with Gasteiger partial charge in [0.1, 0.15) is 11.9 Å². The fourth-order valence-corrected chi connectivity index (χ4v) is 2.89. The third-order valence-corrected chi connectivity index (χ3v) is 4.44. The van der Waals surface area contributed by atoms with Gasteiger partial charge in [-0.15, -0.1) is 0 Å². The van der Waals surface area contributed by atoms with E-state index in [4.69, 9.17) is 4.74 Å². The summed E-state index contributed by atoms with van der Waals surface area (Å²) < 4.78 is 7.30. The summed E-state index contributed by atoms with van der Waals surface area (Å²) in [5, 5.41) is 5.87. The molecule has 0 aromatic heterocycles. The molecule has 3 heteroatoms. The van der Waals surface area contributed by atoms with Gasteiger partial charge in [-0.05, 0) is 51.7 Å². The molecule has 0 radical (unpaired) electrons. The molecule has 0 amide bonds. The van der Waals surface area contributed by atoms with Crippen LogP contribution in [0.1, 0.15) is 27.2 Å². The maximum atomic E-state index is 6.25. The largest absolute Gasteiger partial charge is 0.488 e. The Hall–Kier alpha value is -1.06. The zero-order valence-corrected chi connectivity index (χ0v) is 14.6. The van der Waals surface area contributed by atoms with Crippen LogP contribution in [0.5, 0.6) is 5.75 Å². The number of fused-ring (bicyclic) bond motifs is 1. The van der Waals surface area contributed by atoms with Crippen molar-refractivity contribution in [2.45, 2.75) is 33.3 Å². The number of halogens is 1. The minimum Gasteiger partial charge on any atom is -0.488 e. The average molecular weight is 350 g/mol. The fraction of sp³-hybridized carbons (Fsp3) is 0.444. The van der Waals surface area contributed by atoms with Gasteiger partial charge in [-0.3, -0.25) is 0 Å². The monoisotopic (exact) mass is 349 g/mol. The van der Waals surface area contributed by atoms with Gasteiger partial charge in [0.25, 0.3) is 0 Å². The van der Waals surface area contributed by atoms with Crippen molar-refractivity contribution in [3.05, 3.63) is 40.9 Å². The van der Waals surface area contributed by atoms with Gasteiger partial charge in [-0.1, -0.05) is 51.1 Å². The zero-order valence-electron chi connectivity index (χ0n) is 13.0. The summed E-state index contributed by atoms with van der Waals surface area (Å²) in [5.41, 5.74) is 0. The predicted octanol–water partition coefficient (Wildman–Crippen LogP) is 5.01. The fourth-order valence-electron chi connectivity index (χ4n) is 2.30. The summed E-state index contributed by atoms with van der Waals surface area (Å²) in [6, 6.07) is 12.5. The van der Waals surface area contributed by atoms with Crippen molar-refractivity contribution in [3.63, 3.8) is 0 Å². The van der Waals surface area contributed by atoms with E-state index in [1.807, 2.05) is 0 Å². The zero-order chi connectivity index (χ0) is 15.2. The summed E-state index contributed by atoms with van der Waals surface area (Å²) in [6.07, 6.45) is 1.32. The molecule has 0 saturated carbocycles. The van der Waals surface area contributed by atoms with Crippen LogP contribution < -0.4 is 10.1 Å². The summed E-state index contributed by atoms with van der Waals surface area (Å²) in [4.78, 5) is 0. The van der Waals surface area contributed by atoms with Crippen molar-refractivity contribution in [2.24, 2.45) is 5.92 Å². The second kappa shape index (κ2) is 7.81. The summed E-state index contributed by atoms with van der Waals surface area (Å²) in [5.74, 6) is 1.39. The van der Waals surface area contributed by atoms with E-state index in [0.717, 1.165) is 29.7 Å². The van der Waals surface area contributed by atoms with Crippen LogP contribution in [0.25, 0.3) is 10.8 Å². The van der Waals surface area contributed by atoms with Gasteiger partial charge in [-0.2, -0.15) is 0 Å². The summed E-state index contributed by atoms with van der Waals surface area (Å²) >= 11 is 3.70. The van der Waals surface area contributed by atoms with Gasteiger partial charge in [-0.25, -0.2) is 0 Å². The maximum Gasteiger partial charge on any atom is 0.134 e. The van der Waals surface area contributed by atoms with E-state index in [0.29, 0.717) is 5.92 Å². The molecule has 1 unspecified atom stereocenters. The van der Waals surface area contributed by atoms with Crippen LogP contribution in [0.15, 0.2) is 40.9 Å². The minimum atomic E-state index is 0.175. The summed E-state index contributed by atoms with van der Waals surface area (Å²) in [6.45, 7) is 8.49. The van der Waals surface area contributed by atoms with Gasteiger partial charge >= 0.3 is 0 Å². The molecule has 0 spiro atoms. The van der Waals surface area contributed by atoms with Gasteiger partial charge < -0.3 is 10.1 Å². The van der Waals surface area contributed by atoms with Gasteiger partial charge in [0.2, 0.25) is 0 Å². The molecule has 2 nitrogen and oxygen atoms in total. The molecule has 1 N–H and O–H groups in total. The highest BCUT2D eigenvalue weighted by atomic mass is 79.9. The van der Waals surface area contributed by atoms with Crippen molar-refractivity contribution in [1.29, 1.82) is 0 Å². The lowest BCUT2D eigenvalue weighted by atomic mass is 10.1. The highest BCUT2D eigenvalue weighted by Gasteiger charge is 2.17. The Kier molecular flexibility index (Phi) is 6.07. The van der Waals surface area contributed by atoms with Crippen molar-refractivity contribution in [2.75, 3.05) is 13.1 Å². The maximum absolute atomic E-state index is 6.25. The molecule has 2 aromatic rings. The van der Waals surface area contributed by atoms with Crippen molar-refractivity contribution >= 4 is 26.7 Å². The Balaban J connectivity index is 2.18. The lowest BCUT2D eigenvalue weighted by Gasteiger charge is -2.24. The molecule has 114 valence electrons. The van der Waals surface area contributed by atoms with E-state index in [9.17, 15) is 0 Å². The molecular formula is C18H24BrNO. The van der Waals surface area contributed by atoms with Gasteiger partial charge in [0.05, 0.1) is 4.47 Å². The quantitative estimate of drug-likeness (QED) is 0.709. The Morgan fingerprint density at radius 3 is 2.62 bits per heavy atom. The molecule has 0 aliphatic carbocycles. The van der Waals surface area contributed by atoms with E-state index in [1.54, 1.807) is 0 Å². The van der Waals surface area contributed by atoms with Gasteiger partial charge in [0.15, 0.2) is 0 Å². The Morgan fingerprint density at radius 1 is 1.14 bits per heavy atom. The van der Waals surface area contributed by atoms with Crippen LogP contribution in [0.4, 0.5) is 0 Å². The standard InChI is InChI=1S/C18H24BrNO/c1-4-11-20-12-17(13(2)3)21-16-10-9-14-7-5-6-8-15(14)18(16)19/h5-10,13,17,20H,4,11-12H2,1-3H3. The number of ether oxygens (including phenoxy) is 1. The minimum absolute atomic E-state index is 0.175. The molecule has 0 fully saturated rings. The average Bonchev–Trinajstić information content (AvgIpc) is 2.49. The van der Waals surface area contributed by atoms with Crippen LogP contribution in [0, 0.1) is 5.92 Å². The van der Waals surface area contributed by atoms with Crippen molar-refractivity contribution < 1.29 is 4.74 Å². The van der Waals surface area contributed by atoms with E-state index >= 15 is 0 Å². The normalized spacial score (nSPS) is 12.8. The molecule has 0 aliphatic heterocycles. The van der Waals surface area contributed by atoms with Crippen LogP contribution in [-0.4, -0.2) is 19.2 Å². The third-order valence-electron chi connectivity index (χ3n) is 3.62. The molecule has 0 aliphatic rings. The molecule has 21 heavy (non-hydrogen) atoms. The van der Waals surface area contributed by atoms with Crippen molar-refractivity contribution in [1.82, 2.24) is 5.32 Å². The first-order chi connectivity index (χ1) is 10.1. The first kappa shape index (κ1) is 16.3. The number of hydrogen-bond acceptors (Lipinski definition) is 2. The lowest BCUT2D eigenvalue weighted by Crippen LogP contribution is -2.35. The number of nitrogens with one attached hydrogen (secondary N) is 1. The van der Waals surface area contributed by atoms with E-state index < -0.39 is 0 Å². The van der Waals surface area contributed by atoms with E-state index in [2.05, 4.69) is 78.4 Å². The topological polar surface area (TPSA) is 21.3 Å². The molecule has 0 saturated heterocycles. The van der Waals surface area contributed by atoms with E-state index in [-0.39, 0.29) is 6.10 Å². The highest BCUT2D eigenvalue weighted by Crippen LogP contribution is 2.34. The summed E-state index contributed by atoms with van der Waals surface area (Å²) in [7, 11) is 0. The van der Waals surface area contributed by atoms with Crippen LogP contribution in [0.2, 0.25) is 0 Å². The first-order valence-corrected chi connectivity index (χ1v) is 8.47. The first-order valence-electron chi connectivity index (χ1n) is 7.68. The second-order valence-corrected chi connectivity index (χ2v) is 6.50. The highest BCUT2D eigenvalue weighted by molar-refractivity contribution is 9.10. The van der Waals surface area contributed by atoms with Gasteiger partial charge in [0, 0.05) is 6.54 Å². The Morgan fingerprint density at radius 2 is 1.90 bits per heavy atom. The van der Waals surface area contributed by atoms with Crippen LogP contribution >= 0.6 is 15.9 Å². The Labute approximate surface area is 136 Å². The Bertz CT molecular complexity index is 582. The van der Waals surface area contributed by atoms with Crippen LogP contribution in [0.3, 0.4) is 0 Å². The number of benzene rings is 2. The second-order valence-electron chi connectivity index (χ2n) is 5.70. The molecule has 2 aromatic carbocycles. The SMILES string of the molecule is CCCNCC(Oc1ccc2ccccc2c1Br)C(C)C. The predicted molar refractivity (Wildman–Crippen MR) is 94.1 cm³/mol. The number of rotatable bonds is 7. The smallest absolute Gasteiger partial charge is 0.134 e. The molecule has 1 atom stereocenters. The molecule has 0 bridgehead atoms. The lowest BCUT2D eigenvalue weighted by molar-refractivity contribution is 0.148. The van der Waals surface area contributed by atoms with E-state index in [1.165, 1.54) is 10.8 Å².